The first-order valence-electron chi connectivity index (χ1n) is 8.55. The predicted octanol–water partition coefficient (Wildman–Crippen LogP) is 4.98. The molecule has 1 aromatic carbocycles. The fraction of sp³-hybridized carbons (Fsp3) is 0.526. The van der Waals surface area contributed by atoms with Gasteiger partial charge in [0.15, 0.2) is 0 Å². The lowest BCUT2D eigenvalue weighted by Crippen LogP contribution is -2.47. The molecule has 5 heteroatoms. The molecular weight excluding hydrogens is 380 g/mol. The third kappa shape index (κ3) is 2.48. The van der Waals surface area contributed by atoms with Gasteiger partial charge in [-0.1, -0.05) is 53.3 Å². The minimum atomic E-state index is -1.71. The predicted molar refractivity (Wildman–Crippen MR) is 107 cm³/mol. The van der Waals surface area contributed by atoms with E-state index in [-0.39, 0.29) is 17.1 Å². The molecule has 0 saturated carbocycles. The Kier molecular flexibility index (Phi) is 4.24. The number of hydrogen-bond acceptors (Lipinski definition) is 2. The second kappa shape index (κ2) is 5.73. The van der Waals surface area contributed by atoms with E-state index in [9.17, 15) is 4.79 Å². The van der Waals surface area contributed by atoms with E-state index in [1.165, 1.54) is 16.8 Å². The van der Waals surface area contributed by atoms with Gasteiger partial charge in [-0.3, -0.25) is 4.79 Å². The van der Waals surface area contributed by atoms with E-state index in [0.717, 1.165) is 10.9 Å². The van der Waals surface area contributed by atoms with Crippen molar-refractivity contribution >= 4 is 35.6 Å². The SMILES string of the molecule is CC(C)=CC[C@@]12c3ccc(Br)cc3N[C@@H]1N(C)C(=O)[C@@H]2[Si](C)(C)C. The maximum atomic E-state index is 13.2. The highest BCUT2D eigenvalue weighted by atomic mass is 79.9. The van der Waals surface area contributed by atoms with E-state index in [4.69, 9.17) is 0 Å². The Morgan fingerprint density at radius 3 is 2.62 bits per heavy atom. The maximum absolute atomic E-state index is 13.2. The molecule has 0 aliphatic carbocycles. The summed E-state index contributed by atoms with van der Waals surface area (Å²) in [5, 5.41) is 3.65. The summed E-state index contributed by atoms with van der Waals surface area (Å²) in [6.45, 7) is 11.3. The zero-order valence-corrected chi connectivity index (χ0v) is 18.0. The van der Waals surface area contributed by atoms with Crippen LogP contribution in [0.2, 0.25) is 25.2 Å². The Bertz CT molecular complexity index is 721. The fourth-order valence-electron chi connectivity index (χ4n) is 4.63. The third-order valence-corrected chi connectivity index (χ3v) is 8.46. The van der Waals surface area contributed by atoms with Gasteiger partial charge in [0.1, 0.15) is 6.17 Å². The molecule has 3 atom stereocenters. The van der Waals surface area contributed by atoms with Crippen molar-refractivity contribution in [2.75, 3.05) is 12.4 Å². The van der Waals surface area contributed by atoms with Gasteiger partial charge in [0, 0.05) is 28.2 Å². The van der Waals surface area contributed by atoms with Gasteiger partial charge >= 0.3 is 0 Å². The van der Waals surface area contributed by atoms with Gasteiger partial charge in [-0.15, -0.1) is 0 Å². The van der Waals surface area contributed by atoms with Crippen molar-refractivity contribution in [1.29, 1.82) is 0 Å². The lowest BCUT2D eigenvalue weighted by Gasteiger charge is -2.39. The minimum Gasteiger partial charge on any atom is -0.364 e. The highest BCUT2D eigenvalue weighted by Gasteiger charge is 2.65. The topological polar surface area (TPSA) is 32.3 Å². The van der Waals surface area contributed by atoms with Gasteiger partial charge < -0.3 is 10.2 Å². The number of nitrogens with one attached hydrogen (secondary N) is 1. The van der Waals surface area contributed by atoms with Crippen LogP contribution >= 0.6 is 15.9 Å². The number of allylic oxidation sites excluding steroid dienone is 2. The number of hydrogen-bond donors (Lipinski definition) is 1. The number of nitrogens with zero attached hydrogens (tertiary/aromatic N) is 1. The zero-order valence-electron chi connectivity index (χ0n) is 15.4. The summed E-state index contributed by atoms with van der Waals surface area (Å²) in [4.78, 5) is 15.1. The molecule has 0 radical (unpaired) electrons. The van der Waals surface area contributed by atoms with Crippen LogP contribution in [-0.4, -0.2) is 32.1 Å². The molecular formula is C19H27BrN2OSi. The van der Waals surface area contributed by atoms with Crippen LogP contribution in [0.15, 0.2) is 34.3 Å². The van der Waals surface area contributed by atoms with Crippen LogP contribution in [0.1, 0.15) is 25.8 Å². The highest BCUT2D eigenvalue weighted by Crippen LogP contribution is 2.59. The molecule has 0 bridgehead atoms. The molecule has 1 fully saturated rings. The summed E-state index contributed by atoms with van der Waals surface area (Å²) in [5.74, 6) is 0.308. The van der Waals surface area contributed by atoms with Crippen molar-refractivity contribution in [2.24, 2.45) is 0 Å². The normalized spacial score (nSPS) is 28.5. The molecule has 2 heterocycles. The van der Waals surface area contributed by atoms with Crippen molar-refractivity contribution in [2.45, 2.75) is 57.0 Å². The molecule has 1 N–H and O–H groups in total. The number of amides is 1. The van der Waals surface area contributed by atoms with Crippen molar-refractivity contribution in [1.82, 2.24) is 4.90 Å². The second-order valence-corrected chi connectivity index (χ2v) is 14.7. The van der Waals surface area contributed by atoms with Crippen LogP contribution in [0.4, 0.5) is 5.69 Å². The summed E-state index contributed by atoms with van der Waals surface area (Å²) in [7, 11) is 0.243. The number of carbonyl (C=O) groups is 1. The highest BCUT2D eigenvalue weighted by molar-refractivity contribution is 9.10. The van der Waals surface area contributed by atoms with E-state index in [2.05, 4.69) is 79.0 Å². The lowest BCUT2D eigenvalue weighted by molar-refractivity contribution is -0.127. The van der Waals surface area contributed by atoms with Crippen LogP contribution in [0, 0.1) is 0 Å². The molecule has 0 spiro atoms. The Hall–Kier alpha value is -1.07. The first-order chi connectivity index (χ1) is 11.1. The number of anilines is 1. The van der Waals surface area contributed by atoms with Crippen LogP contribution in [0.5, 0.6) is 0 Å². The molecule has 3 rings (SSSR count). The first-order valence-corrected chi connectivity index (χ1v) is 12.9. The van der Waals surface area contributed by atoms with E-state index in [1.807, 2.05) is 11.9 Å². The molecule has 0 aromatic heterocycles. The average Bonchev–Trinajstić information content (AvgIpc) is 2.87. The molecule has 2 aliphatic heterocycles. The number of carbonyl (C=O) groups excluding carboxylic acids is 1. The quantitative estimate of drug-likeness (QED) is 0.567. The van der Waals surface area contributed by atoms with Crippen LogP contribution in [0.3, 0.4) is 0 Å². The van der Waals surface area contributed by atoms with E-state index >= 15 is 0 Å². The summed E-state index contributed by atoms with van der Waals surface area (Å²) >= 11 is 3.58. The largest absolute Gasteiger partial charge is 0.364 e. The maximum Gasteiger partial charge on any atom is 0.225 e. The number of likely N-dealkylation sites (N-methyl/N-ethyl adjacent to an activating group) is 1. The van der Waals surface area contributed by atoms with E-state index in [1.54, 1.807) is 0 Å². The smallest absolute Gasteiger partial charge is 0.225 e. The molecule has 1 amide bonds. The van der Waals surface area contributed by atoms with Gasteiger partial charge in [0.2, 0.25) is 5.91 Å². The summed E-state index contributed by atoms with van der Waals surface area (Å²) in [5.41, 5.74) is 3.71. The van der Waals surface area contributed by atoms with E-state index < -0.39 is 8.07 Å². The lowest BCUT2D eigenvalue weighted by atomic mass is 9.75. The minimum absolute atomic E-state index is 0.0432. The third-order valence-electron chi connectivity index (χ3n) is 5.47. The van der Waals surface area contributed by atoms with Crippen LogP contribution in [0.25, 0.3) is 0 Å². The van der Waals surface area contributed by atoms with Gasteiger partial charge in [0.25, 0.3) is 0 Å². The molecule has 24 heavy (non-hydrogen) atoms. The van der Waals surface area contributed by atoms with Gasteiger partial charge in [-0.25, -0.2) is 0 Å². The molecule has 130 valence electrons. The number of rotatable bonds is 3. The van der Waals surface area contributed by atoms with Gasteiger partial charge in [-0.05, 0) is 38.0 Å². The van der Waals surface area contributed by atoms with Crippen molar-refractivity contribution in [3.63, 3.8) is 0 Å². The van der Waals surface area contributed by atoms with Crippen molar-refractivity contribution < 1.29 is 4.79 Å². The zero-order chi connectivity index (χ0) is 17.9. The molecule has 1 saturated heterocycles. The Labute approximate surface area is 154 Å². The Morgan fingerprint density at radius 1 is 1.38 bits per heavy atom. The number of fused-ring (bicyclic) bond motifs is 3. The summed E-state index contributed by atoms with van der Waals surface area (Å²) in [6.07, 6.45) is 3.26. The van der Waals surface area contributed by atoms with Gasteiger partial charge in [-0.2, -0.15) is 0 Å². The number of benzene rings is 1. The molecule has 3 nitrogen and oxygen atoms in total. The van der Waals surface area contributed by atoms with Gasteiger partial charge in [0.05, 0.1) is 8.07 Å². The number of likely N-dealkylation sites (tertiary alicyclic amines) is 1. The molecule has 1 aromatic rings. The Balaban J connectivity index is 2.26. The Morgan fingerprint density at radius 2 is 2.04 bits per heavy atom. The van der Waals surface area contributed by atoms with Crippen molar-refractivity contribution in [3.05, 3.63) is 39.9 Å². The van der Waals surface area contributed by atoms with E-state index in [0.29, 0.717) is 5.91 Å². The first kappa shape index (κ1) is 17.7. The van der Waals surface area contributed by atoms with Crippen molar-refractivity contribution in [3.8, 4) is 0 Å². The van der Waals surface area contributed by atoms with Crippen LogP contribution < -0.4 is 5.32 Å². The monoisotopic (exact) mass is 406 g/mol. The fourth-order valence-corrected chi connectivity index (χ4v) is 7.91. The standard InChI is InChI=1S/C19H27BrN2OSi/c1-12(2)9-10-19-14-8-7-13(20)11-15(14)21-18(19)22(3)17(23)16(19)24(4,5)6/h7-9,11,16,18,21H,10H2,1-6H3/t16-,18+,19-/m0/s1. The van der Waals surface area contributed by atoms with Crippen LogP contribution in [-0.2, 0) is 10.2 Å². The molecule has 2 aliphatic rings. The second-order valence-electron chi connectivity index (χ2n) is 8.51. The average molecular weight is 407 g/mol. The molecule has 0 unspecified atom stereocenters. The summed E-state index contributed by atoms with van der Waals surface area (Å²) < 4.78 is 1.07. The summed E-state index contributed by atoms with van der Waals surface area (Å²) in [6, 6.07) is 6.47. The number of halogens is 1.